The number of ether oxygens (including phenoxy) is 1. The van der Waals surface area contributed by atoms with Gasteiger partial charge in [0.05, 0.1) is 34.8 Å². The summed E-state index contributed by atoms with van der Waals surface area (Å²) < 4.78 is 6.43. The molecule has 2 aromatic heterocycles. The largest absolute Gasteiger partial charge is 0.370 e. The highest BCUT2D eigenvalue weighted by Crippen LogP contribution is 2.41. The van der Waals surface area contributed by atoms with E-state index >= 15 is 0 Å². The minimum atomic E-state index is -0.210. The first-order valence-corrected chi connectivity index (χ1v) is 12.2. The van der Waals surface area contributed by atoms with Gasteiger partial charge < -0.3 is 15.0 Å². The Morgan fingerprint density at radius 2 is 1.97 bits per heavy atom. The number of hydrogen-bond donors (Lipinski definition) is 3. The van der Waals surface area contributed by atoms with Crippen LogP contribution in [0.5, 0.6) is 0 Å². The lowest BCUT2D eigenvalue weighted by molar-refractivity contribution is -0.120. The van der Waals surface area contributed by atoms with E-state index in [2.05, 4.69) is 32.2 Å². The molecule has 1 aliphatic carbocycles. The van der Waals surface area contributed by atoms with Crippen LogP contribution in [0.2, 0.25) is 10.0 Å². The van der Waals surface area contributed by atoms with Crippen LogP contribution in [0.25, 0.3) is 0 Å². The van der Waals surface area contributed by atoms with E-state index in [1.807, 2.05) is 24.1 Å². The number of fused-ring (bicyclic) bond motifs is 1. The van der Waals surface area contributed by atoms with Crippen molar-refractivity contribution in [2.45, 2.75) is 50.5 Å². The van der Waals surface area contributed by atoms with Gasteiger partial charge >= 0.3 is 0 Å². The molecule has 0 spiro atoms. The molecule has 3 fully saturated rings. The van der Waals surface area contributed by atoms with Crippen molar-refractivity contribution in [3.05, 3.63) is 51.9 Å². The molecule has 0 bridgehead atoms. The number of anilines is 1. The molecule has 2 aliphatic heterocycles. The van der Waals surface area contributed by atoms with Gasteiger partial charge in [-0.2, -0.15) is 0 Å². The van der Waals surface area contributed by atoms with Gasteiger partial charge in [0.2, 0.25) is 5.91 Å². The second kappa shape index (κ2) is 9.72. The summed E-state index contributed by atoms with van der Waals surface area (Å²) >= 11 is 12.7. The molecule has 3 aliphatic rings. The van der Waals surface area contributed by atoms with Crippen LogP contribution in [0.4, 0.5) is 5.82 Å². The summed E-state index contributed by atoms with van der Waals surface area (Å²) in [7, 11) is 0. The van der Waals surface area contributed by atoms with Crippen LogP contribution in [-0.2, 0) is 9.53 Å². The molecule has 4 heterocycles. The SMILES string of the molecule is C[C@@H](OC1CCC2NNC(c3ccc(N4CCNC(=O)C4)nc3)C2C1)c1c(Cl)cncc1Cl. The number of nitrogens with one attached hydrogen (secondary N) is 3. The third-order valence-electron chi connectivity index (χ3n) is 6.89. The van der Waals surface area contributed by atoms with Gasteiger partial charge in [0, 0.05) is 43.3 Å². The summed E-state index contributed by atoms with van der Waals surface area (Å²) in [5.41, 5.74) is 8.86. The number of piperazine rings is 1. The van der Waals surface area contributed by atoms with Crippen molar-refractivity contribution in [2.24, 2.45) is 5.92 Å². The van der Waals surface area contributed by atoms with Crippen LogP contribution in [0.1, 0.15) is 49.5 Å². The molecule has 2 saturated heterocycles. The van der Waals surface area contributed by atoms with Gasteiger partial charge in [-0.1, -0.05) is 29.3 Å². The van der Waals surface area contributed by atoms with Gasteiger partial charge in [0.15, 0.2) is 0 Å². The monoisotopic (exact) mass is 490 g/mol. The average Bonchev–Trinajstić information content (AvgIpc) is 3.22. The lowest BCUT2D eigenvalue weighted by Gasteiger charge is -2.35. The first-order chi connectivity index (χ1) is 16.0. The number of hydrazine groups is 1. The Kier molecular flexibility index (Phi) is 6.72. The summed E-state index contributed by atoms with van der Waals surface area (Å²) in [5, 5.41) is 3.91. The van der Waals surface area contributed by atoms with E-state index in [-0.39, 0.29) is 24.2 Å². The summed E-state index contributed by atoms with van der Waals surface area (Å²) in [5.74, 6) is 1.25. The maximum Gasteiger partial charge on any atom is 0.239 e. The molecule has 8 nitrogen and oxygen atoms in total. The van der Waals surface area contributed by atoms with E-state index in [1.165, 1.54) is 0 Å². The second-order valence-corrected chi connectivity index (χ2v) is 9.80. The molecule has 10 heteroatoms. The van der Waals surface area contributed by atoms with Gasteiger partial charge in [-0.15, -0.1) is 0 Å². The fourth-order valence-corrected chi connectivity index (χ4v) is 5.91. The van der Waals surface area contributed by atoms with Crippen LogP contribution in [-0.4, -0.2) is 47.7 Å². The highest BCUT2D eigenvalue weighted by molar-refractivity contribution is 6.35. The fourth-order valence-electron chi connectivity index (χ4n) is 5.24. The van der Waals surface area contributed by atoms with E-state index in [0.717, 1.165) is 42.8 Å². The number of carbonyl (C=O) groups is 1. The number of nitrogens with zero attached hydrogens (tertiary/aromatic N) is 3. The number of aromatic nitrogens is 2. The van der Waals surface area contributed by atoms with Gasteiger partial charge in [-0.05, 0) is 43.7 Å². The minimum absolute atomic E-state index is 0.0356. The zero-order chi connectivity index (χ0) is 22.9. The van der Waals surface area contributed by atoms with E-state index in [0.29, 0.717) is 35.1 Å². The quantitative estimate of drug-likeness (QED) is 0.592. The van der Waals surface area contributed by atoms with E-state index in [9.17, 15) is 4.79 Å². The van der Waals surface area contributed by atoms with Gasteiger partial charge in [-0.3, -0.25) is 15.2 Å². The Labute approximate surface area is 203 Å². The molecule has 2 aromatic rings. The van der Waals surface area contributed by atoms with Gasteiger partial charge in [0.1, 0.15) is 5.82 Å². The molecule has 176 valence electrons. The van der Waals surface area contributed by atoms with Crippen molar-refractivity contribution in [1.29, 1.82) is 0 Å². The molecule has 4 unspecified atom stereocenters. The molecule has 1 saturated carbocycles. The number of amides is 1. The normalized spacial score (nSPS) is 28.3. The molecule has 1 amide bonds. The zero-order valence-electron chi connectivity index (χ0n) is 18.4. The summed E-state index contributed by atoms with van der Waals surface area (Å²) in [6.45, 7) is 3.76. The molecule has 3 N–H and O–H groups in total. The predicted molar refractivity (Wildman–Crippen MR) is 127 cm³/mol. The van der Waals surface area contributed by atoms with Crippen LogP contribution in [0.3, 0.4) is 0 Å². The Bertz CT molecular complexity index is 987. The molecular weight excluding hydrogens is 463 g/mol. The van der Waals surface area contributed by atoms with Crippen molar-refractivity contribution in [3.63, 3.8) is 0 Å². The van der Waals surface area contributed by atoms with E-state index in [4.69, 9.17) is 27.9 Å². The minimum Gasteiger partial charge on any atom is -0.370 e. The summed E-state index contributed by atoms with van der Waals surface area (Å²) in [6.07, 6.45) is 7.96. The van der Waals surface area contributed by atoms with Crippen LogP contribution >= 0.6 is 23.2 Å². The van der Waals surface area contributed by atoms with E-state index in [1.54, 1.807) is 12.4 Å². The summed E-state index contributed by atoms with van der Waals surface area (Å²) in [6, 6.07) is 4.66. The number of pyridine rings is 2. The van der Waals surface area contributed by atoms with Crippen molar-refractivity contribution in [2.75, 3.05) is 24.5 Å². The van der Waals surface area contributed by atoms with Crippen LogP contribution < -0.4 is 21.1 Å². The molecular formula is C23H28Cl2N6O2. The van der Waals surface area contributed by atoms with Gasteiger partial charge in [0.25, 0.3) is 0 Å². The third-order valence-corrected chi connectivity index (χ3v) is 7.49. The Morgan fingerprint density at radius 1 is 1.15 bits per heavy atom. The molecule has 0 radical (unpaired) electrons. The molecule has 0 aromatic carbocycles. The smallest absolute Gasteiger partial charge is 0.239 e. The number of hydrogen-bond acceptors (Lipinski definition) is 7. The molecule has 5 rings (SSSR count). The zero-order valence-corrected chi connectivity index (χ0v) is 19.9. The lowest BCUT2D eigenvalue weighted by atomic mass is 9.78. The molecule has 33 heavy (non-hydrogen) atoms. The maximum atomic E-state index is 11.7. The van der Waals surface area contributed by atoms with Crippen LogP contribution in [0.15, 0.2) is 30.7 Å². The standard InChI is InChI=1S/C23H28Cl2N6O2/c1-13(22-17(24)10-26-11-18(22)25)33-15-3-4-19-16(8-15)23(30-29-19)14-2-5-20(28-9-14)31-7-6-27-21(32)12-31/h2,5,9-11,13,15-16,19,23,29-30H,3-4,6-8,12H2,1H3,(H,27,32)/t13-,15?,16?,19?,23?/m1/s1. The Morgan fingerprint density at radius 3 is 2.70 bits per heavy atom. The average molecular weight is 491 g/mol. The highest BCUT2D eigenvalue weighted by Gasteiger charge is 2.42. The van der Waals surface area contributed by atoms with E-state index < -0.39 is 0 Å². The Hall–Kier alpha value is -1.97. The van der Waals surface area contributed by atoms with Crippen molar-refractivity contribution >= 4 is 34.9 Å². The first kappa shape index (κ1) is 22.8. The number of carbonyl (C=O) groups excluding carboxylic acids is 1. The Balaban J connectivity index is 1.25. The molecule has 5 atom stereocenters. The lowest BCUT2D eigenvalue weighted by Crippen LogP contribution is -2.48. The van der Waals surface area contributed by atoms with Gasteiger partial charge in [-0.25, -0.2) is 10.4 Å². The fraction of sp³-hybridized carbons (Fsp3) is 0.522. The number of halogens is 2. The van der Waals surface area contributed by atoms with Crippen LogP contribution in [0, 0.1) is 5.92 Å². The predicted octanol–water partition coefficient (Wildman–Crippen LogP) is 3.18. The topological polar surface area (TPSA) is 91.4 Å². The number of rotatable bonds is 5. The maximum absolute atomic E-state index is 11.7. The second-order valence-electron chi connectivity index (χ2n) is 8.99. The van der Waals surface area contributed by atoms with Crippen molar-refractivity contribution < 1.29 is 9.53 Å². The summed E-state index contributed by atoms with van der Waals surface area (Å²) in [4.78, 5) is 22.4. The van der Waals surface area contributed by atoms with Crippen molar-refractivity contribution in [3.8, 4) is 0 Å². The first-order valence-electron chi connectivity index (χ1n) is 11.4. The van der Waals surface area contributed by atoms with Crippen molar-refractivity contribution in [1.82, 2.24) is 26.1 Å². The third kappa shape index (κ3) is 4.81. The highest BCUT2D eigenvalue weighted by atomic mass is 35.5.